The average Bonchev–Trinajstić information content (AvgIpc) is 2.51. The van der Waals surface area contributed by atoms with Gasteiger partial charge in [-0.3, -0.25) is 0 Å². The fourth-order valence-corrected chi connectivity index (χ4v) is 2.67. The third-order valence-corrected chi connectivity index (χ3v) is 4.09. The van der Waals surface area contributed by atoms with Gasteiger partial charge < -0.3 is 9.80 Å². The minimum Gasteiger partial charge on any atom is -0.354 e. The smallest absolute Gasteiger partial charge is 0.128 e. The van der Waals surface area contributed by atoms with Crippen LogP contribution in [0, 0.1) is 12.7 Å². The molecule has 0 radical (unpaired) electrons. The Morgan fingerprint density at radius 3 is 2.48 bits per heavy atom. The van der Waals surface area contributed by atoms with Crippen LogP contribution in [0.15, 0.2) is 36.5 Å². The molecule has 1 aromatic carbocycles. The lowest BCUT2D eigenvalue weighted by Gasteiger charge is -2.33. The Bertz CT molecular complexity index is 616. The van der Waals surface area contributed by atoms with Crippen molar-refractivity contribution in [3.63, 3.8) is 0 Å². The second-order valence-electron chi connectivity index (χ2n) is 5.65. The molecule has 0 atom stereocenters. The van der Waals surface area contributed by atoms with E-state index < -0.39 is 0 Å². The Morgan fingerprint density at radius 2 is 1.81 bits per heavy atom. The summed E-state index contributed by atoms with van der Waals surface area (Å²) in [6.45, 7) is 6.12. The van der Waals surface area contributed by atoms with Crippen LogP contribution in [0.25, 0.3) is 11.1 Å². The summed E-state index contributed by atoms with van der Waals surface area (Å²) >= 11 is 0. The molecule has 0 N–H and O–H groups in total. The van der Waals surface area contributed by atoms with Crippen LogP contribution in [0.1, 0.15) is 5.56 Å². The van der Waals surface area contributed by atoms with Gasteiger partial charge in [-0.1, -0.05) is 6.07 Å². The van der Waals surface area contributed by atoms with Crippen molar-refractivity contribution in [3.8, 4) is 11.1 Å². The first-order valence-corrected chi connectivity index (χ1v) is 7.29. The number of nitrogens with zero attached hydrogens (tertiary/aromatic N) is 3. The lowest BCUT2D eigenvalue weighted by Crippen LogP contribution is -2.44. The van der Waals surface area contributed by atoms with Gasteiger partial charge in [0.15, 0.2) is 0 Å². The number of pyridine rings is 1. The standard InChI is InChI=1S/C17H20FN3/c1-13-3-5-15(18)11-16(13)14-4-6-17(19-12-14)21-9-7-20(2)8-10-21/h3-6,11-12H,7-10H2,1-2H3. The maximum absolute atomic E-state index is 13.4. The molecule has 3 nitrogen and oxygen atoms in total. The van der Waals surface area contributed by atoms with E-state index in [0.29, 0.717) is 0 Å². The van der Waals surface area contributed by atoms with E-state index in [1.807, 2.05) is 25.3 Å². The summed E-state index contributed by atoms with van der Waals surface area (Å²) in [5.41, 5.74) is 2.93. The first kappa shape index (κ1) is 14.0. The zero-order chi connectivity index (χ0) is 14.8. The number of rotatable bonds is 2. The van der Waals surface area contributed by atoms with E-state index in [1.54, 1.807) is 12.1 Å². The van der Waals surface area contributed by atoms with Crippen molar-refractivity contribution in [2.24, 2.45) is 0 Å². The van der Waals surface area contributed by atoms with E-state index in [2.05, 4.69) is 21.8 Å². The highest BCUT2D eigenvalue weighted by molar-refractivity contribution is 5.67. The Morgan fingerprint density at radius 1 is 1.05 bits per heavy atom. The highest BCUT2D eigenvalue weighted by Gasteiger charge is 2.15. The molecule has 21 heavy (non-hydrogen) atoms. The summed E-state index contributed by atoms with van der Waals surface area (Å²) in [5, 5.41) is 0. The quantitative estimate of drug-likeness (QED) is 0.845. The van der Waals surface area contributed by atoms with Gasteiger partial charge in [0.2, 0.25) is 0 Å². The molecule has 0 unspecified atom stereocenters. The van der Waals surface area contributed by atoms with Crippen LogP contribution in [-0.4, -0.2) is 43.1 Å². The topological polar surface area (TPSA) is 19.4 Å². The maximum atomic E-state index is 13.4. The monoisotopic (exact) mass is 285 g/mol. The highest BCUT2D eigenvalue weighted by atomic mass is 19.1. The number of benzene rings is 1. The minimum atomic E-state index is -0.209. The first-order valence-electron chi connectivity index (χ1n) is 7.29. The van der Waals surface area contributed by atoms with Crippen LogP contribution >= 0.6 is 0 Å². The van der Waals surface area contributed by atoms with Gasteiger partial charge >= 0.3 is 0 Å². The third kappa shape index (κ3) is 3.05. The number of likely N-dealkylation sites (N-methyl/N-ethyl adjacent to an activating group) is 1. The molecule has 0 bridgehead atoms. The predicted octanol–water partition coefficient (Wildman–Crippen LogP) is 2.95. The van der Waals surface area contributed by atoms with Gasteiger partial charge in [-0.05, 0) is 49.4 Å². The molecule has 0 spiro atoms. The average molecular weight is 285 g/mol. The van der Waals surface area contributed by atoms with Crippen molar-refractivity contribution < 1.29 is 4.39 Å². The van der Waals surface area contributed by atoms with E-state index in [9.17, 15) is 4.39 Å². The van der Waals surface area contributed by atoms with Crippen LogP contribution in [0.2, 0.25) is 0 Å². The summed E-state index contributed by atoms with van der Waals surface area (Å²) in [6, 6.07) is 8.93. The Kier molecular flexibility index (Phi) is 3.88. The second-order valence-corrected chi connectivity index (χ2v) is 5.65. The van der Waals surface area contributed by atoms with Crippen molar-refractivity contribution >= 4 is 5.82 Å². The Balaban J connectivity index is 1.82. The number of halogens is 1. The van der Waals surface area contributed by atoms with Gasteiger partial charge in [0.05, 0.1) is 0 Å². The molecule has 1 aliphatic rings. The van der Waals surface area contributed by atoms with Crippen molar-refractivity contribution in [3.05, 3.63) is 47.9 Å². The molecule has 0 aliphatic carbocycles. The zero-order valence-corrected chi connectivity index (χ0v) is 12.5. The molecule has 1 saturated heterocycles. The molecule has 0 saturated carbocycles. The first-order chi connectivity index (χ1) is 10.1. The summed E-state index contributed by atoms with van der Waals surface area (Å²) in [4.78, 5) is 9.17. The normalized spacial score (nSPS) is 16.2. The SMILES string of the molecule is Cc1ccc(F)cc1-c1ccc(N2CCN(C)CC2)nc1. The van der Waals surface area contributed by atoms with E-state index in [-0.39, 0.29) is 5.82 Å². The molecular formula is C17H20FN3. The van der Waals surface area contributed by atoms with Gasteiger partial charge in [0.1, 0.15) is 11.6 Å². The minimum absolute atomic E-state index is 0.209. The van der Waals surface area contributed by atoms with Crippen LogP contribution < -0.4 is 4.90 Å². The van der Waals surface area contributed by atoms with Gasteiger partial charge in [-0.25, -0.2) is 9.37 Å². The number of anilines is 1. The van der Waals surface area contributed by atoms with Gasteiger partial charge in [-0.15, -0.1) is 0 Å². The van der Waals surface area contributed by atoms with Crippen molar-refractivity contribution in [1.82, 2.24) is 9.88 Å². The number of aryl methyl sites for hydroxylation is 1. The number of hydrogen-bond acceptors (Lipinski definition) is 3. The Labute approximate surface area is 125 Å². The van der Waals surface area contributed by atoms with E-state index in [0.717, 1.165) is 48.7 Å². The van der Waals surface area contributed by atoms with Gasteiger partial charge in [-0.2, -0.15) is 0 Å². The molecule has 4 heteroatoms. The molecule has 3 rings (SSSR count). The molecule has 1 aromatic heterocycles. The summed E-state index contributed by atoms with van der Waals surface area (Å²) in [7, 11) is 2.14. The largest absolute Gasteiger partial charge is 0.354 e. The predicted molar refractivity (Wildman–Crippen MR) is 84.1 cm³/mol. The van der Waals surface area contributed by atoms with E-state index in [1.165, 1.54) is 6.07 Å². The van der Waals surface area contributed by atoms with Gasteiger partial charge in [0.25, 0.3) is 0 Å². The zero-order valence-electron chi connectivity index (χ0n) is 12.5. The highest BCUT2D eigenvalue weighted by Crippen LogP contribution is 2.25. The van der Waals surface area contributed by atoms with Crippen LogP contribution in [-0.2, 0) is 0 Å². The fourth-order valence-electron chi connectivity index (χ4n) is 2.67. The lowest BCUT2D eigenvalue weighted by molar-refractivity contribution is 0.312. The molecule has 110 valence electrons. The fraction of sp³-hybridized carbons (Fsp3) is 0.353. The lowest BCUT2D eigenvalue weighted by atomic mass is 10.0. The molecule has 1 aliphatic heterocycles. The number of hydrogen-bond donors (Lipinski definition) is 0. The van der Waals surface area contributed by atoms with Crippen LogP contribution in [0.5, 0.6) is 0 Å². The molecule has 2 heterocycles. The Hall–Kier alpha value is -1.94. The van der Waals surface area contributed by atoms with Gasteiger partial charge in [0, 0.05) is 37.9 Å². The number of piperazine rings is 1. The van der Waals surface area contributed by atoms with Crippen molar-refractivity contribution in [1.29, 1.82) is 0 Å². The summed E-state index contributed by atoms with van der Waals surface area (Å²) in [6.07, 6.45) is 1.84. The molecule has 2 aromatic rings. The molecule has 1 fully saturated rings. The molecular weight excluding hydrogens is 265 g/mol. The number of aromatic nitrogens is 1. The molecule has 0 amide bonds. The van der Waals surface area contributed by atoms with Crippen molar-refractivity contribution in [2.75, 3.05) is 38.1 Å². The second kappa shape index (κ2) is 5.82. The van der Waals surface area contributed by atoms with E-state index in [4.69, 9.17) is 0 Å². The van der Waals surface area contributed by atoms with Crippen molar-refractivity contribution in [2.45, 2.75) is 6.92 Å². The summed E-state index contributed by atoms with van der Waals surface area (Å²) in [5.74, 6) is 0.791. The maximum Gasteiger partial charge on any atom is 0.128 e. The summed E-state index contributed by atoms with van der Waals surface area (Å²) < 4.78 is 13.4. The van der Waals surface area contributed by atoms with Crippen LogP contribution in [0.4, 0.5) is 10.2 Å². The third-order valence-electron chi connectivity index (χ3n) is 4.09. The van der Waals surface area contributed by atoms with Crippen LogP contribution in [0.3, 0.4) is 0 Å². The van der Waals surface area contributed by atoms with E-state index >= 15 is 0 Å².